The van der Waals surface area contributed by atoms with Gasteiger partial charge in [-0.1, -0.05) is 0 Å². The fourth-order valence-electron chi connectivity index (χ4n) is 1.77. The Kier molecular flexibility index (Phi) is 4.37. The smallest absolute Gasteiger partial charge is 0.167 e. The molecule has 0 spiro atoms. The fraction of sp³-hybridized carbons (Fsp3) is 0.357. The lowest BCUT2D eigenvalue weighted by Crippen LogP contribution is -2.07. The molecule has 0 bridgehead atoms. The molecule has 0 aliphatic carbocycles. The van der Waals surface area contributed by atoms with Gasteiger partial charge in [-0.05, 0) is 32.9 Å². The molecule has 1 heterocycles. The lowest BCUT2D eigenvalue weighted by Gasteiger charge is -2.14. The molecule has 0 aliphatic heterocycles. The summed E-state index contributed by atoms with van der Waals surface area (Å²) in [6.45, 7) is 6.26. The van der Waals surface area contributed by atoms with E-state index in [-0.39, 0.29) is 17.6 Å². The van der Waals surface area contributed by atoms with Gasteiger partial charge in [-0.3, -0.25) is 0 Å². The number of benzene rings is 1. The van der Waals surface area contributed by atoms with E-state index < -0.39 is 0 Å². The molecule has 1 N–H and O–H groups in total. The maximum absolute atomic E-state index is 13.7. The topological polar surface area (TPSA) is 34.1 Å². The second kappa shape index (κ2) is 6.02. The summed E-state index contributed by atoms with van der Waals surface area (Å²) in [6.07, 6.45) is 0. The quantitative estimate of drug-likeness (QED) is 0.893. The van der Waals surface area contributed by atoms with Crippen LogP contribution in [0.3, 0.4) is 0 Å². The maximum Gasteiger partial charge on any atom is 0.167 e. The third kappa shape index (κ3) is 3.44. The van der Waals surface area contributed by atoms with E-state index in [0.29, 0.717) is 6.61 Å². The van der Waals surface area contributed by atoms with Gasteiger partial charge in [0, 0.05) is 17.1 Å². The molecule has 0 radical (unpaired) electrons. The molecule has 5 heteroatoms. The first kappa shape index (κ1) is 13.8. The highest BCUT2D eigenvalue weighted by atomic mass is 32.1. The Balaban J connectivity index is 2.09. The largest absolute Gasteiger partial charge is 0.491 e. The van der Waals surface area contributed by atoms with Crippen molar-refractivity contribution >= 4 is 17.0 Å². The van der Waals surface area contributed by atoms with E-state index in [0.717, 1.165) is 16.4 Å². The summed E-state index contributed by atoms with van der Waals surface area (Å²) in [5, 5.41) is 6.27. The summed E-state index contributed by atoms with van der Waals surface area (Å²) < 4.78 is 18.9. The molecule has 0 aliphatic rings. The maximum atomic E-state index is 13.7. The average molecular weight is 280 g/mol. The van der Waals surface area contributed by atoms with Gasteiger partial charge in [0.05, 0.1) is 23.4 Å². The minimum Gasteiger partial charge on any atom is -0.491 e. The van der Waals surface area contributed by atoms with E-state index in [1.807, 2.05) is 32.2 Å². The zero-order valence-electron chi connectivity index (χ0n) is 11.2. The van der Waals surface area contributed by atoms with E-state index in [2.05, 4.69) is 10.3 Å². The van der Waals surface area contributed by atoms with Crippen molar-refractivity contribution in [3.05, 3.63) is 40.1 Å². The van der Waals surface area contributed by atoms with Gasteiger partial charge in [0.15, 0.2) is 11.6 Å². The van der Waals surface area contributed by atoms with Crippen LogP contribution in [0.2, 0.25) is 0 Å². The highest BCUT2D eigenvalue weighted by molar-refractivity contribution is 7.09. The number of aromatic nitrogens is 1. The van der Waals surface area contributed by atoms with Crippen molar-refractivity contribution in [3.8, 4) is 5.75 Å². The van der Waals surface area contributed by atoms with E-state index in [9.17, 15) is 4.39 Å². The number of hydrogen-bond acceptors (Lipinski definition) is 4. The number of hydrogen-bond donors (Lipinski definition) is 1. The number of anilines is 1. The van der Waals surface area contributed by atoms with Crippen LogP contribution in [0.15, 0.2) is 23.6 Å². The number of aryl methyl sites for hydroxylation is 1. The monoisotopic (exact) mass is 280 g/mol. The van der Waals surface area contributed by atoms with Crippen LogP contribution in [0.5, 0.6) is 5.75 Å². The van der Waals surface area contributed by atoms with E-state index in [4.69, 9.17) is 4.74 Å². The van der Waals surface area contributed by atoms with Gasteiger partial charge < -0.3 is 10.1 Å². The van der Waals surface area contributed by atoms with Crippen LogP contribution >= 0.6 is 11.3 Å². The second-order valence-electron chi connectivity index (χ2n) is 4.24. The first-order valence-electron chi connectivity index (χ1n) is 6.21. The highest BCUT2D eigenvalue weighted by Gasteiger charge is 2.10. The Bertz CT molecular complexity index is 556. The normalized spacial score (nSPS) is 12.2. The number of halogens is 1. The second-order valence-corrected chi connectivity index (χ2v) is 5.30. The number of thiazole rings is 1. The Morgan fingerprint density at radius 3 is 2.84 bits per heavy atom. The van der Waals surface area contributed by atoms with Crippen LogP contribution in [-0.4, -0.2) is 11.6 Å². The van der Waals surface area contributed by atoms with Crippen molar-refractivity contribution in [3.63, 3.8) is 0 Å². The molecule has 1 aromatic heterocycles. The molecular formula is C14H17FN2OS. The predicted octanol–water partition coefficient (Wildman–Crippen LogP) is 4.16. The van der Waals surface area contributed by atoms with E-state index >= 15 is 0 Å². The van der Waals surface area contributed by atoms with Gasteiger partial charge in [0.2, 0.25) is 0 Å². The van der Waals surface area contributed by atoms with Crippen molar-refractivity contribution in [1.29, 1.82) is 0 Å². The van der Waals surface area contributed by atoms with Gasteiger partial charge in [-0.15, -0.1) is 11.3 Å². The molecule has 19 heavy (non-hydrogen) atoms. The van der Waals surface area contributed by atoms with Crippen molar-refractivity contribution in [2.75, 3.05) is 11.9 Å². The molecular weight excluding hydrogens is 263 g/mol. The molecule has 1 atom stereocenters. The Labute approximate surface area is 116 Å². The number of ether oxygens (including phenoxy) is 1. The highest BCUT2D eigenvalue weighted by Crippen LogP contribution is 2.25. The van der Waals surface area contributed by atoms with Crippen LogP contribution in [0, 0.1) is 12.7 Å². The average Bonchev–Trinajstić information content (AvgIpc) is 2.80. The minimum atomic E-state index is -0.353. The van der Waals surface area contributed by atoms with Crippen molar-refractivity contribution in [2.45, 2.75) is 26.8 Å². The van der Waals surface area contributed by atoms with E-state index in [1.54, 1.807) is 17.4 Å². The van der Waals surface area contributed by atoms with Gasteiger partial charge in [-0.25, -0.2) is 9.37 Å². The molecule has 0 amide bonds. The first-order valence-corrected chi connectivity index (χ1v) is 7.09. The molecule has 2 aromatic rings. The molecule has 1 aromatic carbocycles. The number of rotatable bonds is 5. The summed E-state index contributed by atoms with van der Waals surface area (Å²) >= 11 is 1.61. The van der Waals surface area contributed by atoms with Gasteiger partial charge in [0.25, 0.3) is 0 Å². The molecule has 0 fully saturated rings. The van der Waals surface area contributed by atoms with Crippen molar-refractivity contribution in [2.24, 2.45) is 0 Å². The molecule has 1 unspecified atom stereocenters. The lowest BCUT2D eigenvalue weighted by molar-refractivity contribution is 0.321. The summed E-state index contributed by atoms with van der Waals surface area (Å²) in [6, 6.07) is 4.94. The van der Waals surface area contributed by atoms with Crippen LogP contribution < -0.4 is 10.1 Å². The predicted molar refractivity (Wildman–Crippen MR) is 76.5 cm³/mol. The third-order valence-corrected chi connectivity index (χ3v) is 3.49. The zero-order chi connectivity index (χ0) is 13.8. The summed E-state index contributed by atoms with van der Waals surface area (Å²) in [5.74, 6) is -0.0706. The molecule has 3 nitrogen and oxygen atoms in total. The molecule has 102 valence electrons. The van der Waals surface area contributed by atoms with Crippen molar-refractivity contribution < 1.29 is 9.13 Å². The Hall–Kier alpha value is -1.62. The zero-order valence-corrected chi connectivity index (χ0v) is 12.1. The summed E-state index contributed by atoms with van der Waals surface area (Å²) in [7, 11) is 0. The Morgan fingerprint density at radius 1 is 1.47 bits per heavy atom. The molecule has 2 rings (SSSR count). The number of nitrogens with zero attached hydrogens (tertiary/aromatic N) is 1. The SMILES string of the molecule is CCOc1ccc(NC(C)c2csc(C)n2)cc1F. The third-order valence-electron chi connectivity index (χ3n) is 2.70. The molecule has 0 saturated carbocycles. The Morgan fingerprint density at radius 2 is 2.26 bits per heavy atom. The van der Waals surface area contributed by atoms with Crippen LogP contribution in [-0.2, 0) is 0 Å². The standard InChI is InChI=1S/C14H17FN2OS/c1-4-18-14-6-5-11(7-12(14)15)16-9(2)13-8-19-10(3)17-13/h5-9,16H,4H2,1-3H3. The van der Waals surface area contributed by atoms with Crippen molar-refractivity contribution in [1.82, 2.24) is 4.98 Å². The first-order chi connectivity index (χ1) is 9.10. The van der Waals surface area contributed by atoms with Crippen LogP contribution in [0.25, 0.3) is 0 Å². The van der Waals surface area contributed by atoms with Crippen LogP contribution in [0.1, 0.15) is 30.6 Å². The minimum absolute atomic E-state index is 0.0438. The van der Waals surface area contributed by atoms with Gasteiger partial charge >= 0.3 is 0 Å². The lowest BCUT2D eigenvalue weighted by atomic mass is 10.2. The number of nitrogens with one attached hydrogen (secondary N) is 1. The van der Waals surface area contributed by atoms with E-state index in [1.165, 1.54) is 6.07 Å². The summed E-state index contributed by atoms with van der Waals surface area (Å²) in [4.78, 5) is 4.41. The van der Waals surface area contributed by atoms with Crippen LogP contribution in [0.4, 0.5) is 10.1 Å². The van der Waals surface area contributed by atoms with Gasteiger partial charge in [-0.2, -0.15) is 0 Å². The molecule has 0 saturated heterocycles. The summed E-state index contributed by atoms with van der Waals surface area (Å²) in [5.41, 5.74) is 1.69. The van der Waals surface area contributed by atoms with Gasteiger partial charge in [0.1, 0.15) is 0 Å². The fourth-order valence-corrected chi connectivity index (χ4v) is 2.47.